The van der Waals surface area contributed by atoms with E-state index in [0.717, 1.165) is 44.6 Å². The predicted molar refractivity (Wildman–Crippen MR) is 91.4 cm³/mol. The second-order valence-corrected chi connectivity index (χ2v) is 6.86. The first-order chi connectivity index (χ1) is 10.2. The smallest absolute Gasteiger partial charge is 0.129 e. The van der Waals surface area contributed by atoms with Crippen molar-refractivity contribution in [2.45, 2.75) is 18.9 Å². The van der Waals surface area contributed by atoms with Crippen molar-refractivity contribution >= 4 is 43.5 Å². The molecule has 0 saturated heterocycles. The third-order valence-electron chi connectivity index (χ3n) is 3.38. The first-order valence-electron chi connectivity index (χ1n) is 6.58. The van der Waals surface area contributed by atoms with Crippen LogP contribution in [0.25, 0.3) is 0 Å². The molecule has 0 amide bonds. The summed E-state index contributed by atoms with van der Waals surface area (Å²) in [5.74, 6) is 2.22. The molecule has 0 saturated carbocycles. The van der Waals surface area contributed by atoms with E-state index in [9.17, 15) is 0 Å². The van der Waals surface area contributed by atoms with Crippen LogP contribution in [0.2, 0.25) is 0 Å². The van der Waals surface area contributed by atoms with Crippen molar-refractivity contribution < 1.29 is 9.47 Å². The molecule has 3 rings (SSSR count). The summed E-state index contributed by atoms with van der Waals surface area (Å²) in [5.41, 5.74) is 3.32. The Morgan fingerprint density at radius 3 is 2.81 bits per heavy atom. The number of benzene rings is 2. The average Bonchev–Trinajstić information content (AvgIpc) is 2.94. The summed E-state index contributed by atoms with van der Waals surface area (Å²) in [6.45, 7) is 1.22. The van der Waals surface area contributed by atoms with Crippen molar-refractivity contribution in [2.24, 2.45) is 0 Å². The fourth-order valence-electron chi connectivity index (χ4n) is 2.36. The predicted octanol–water partition coefficient (Wildman–Crippen LogP) is 5.46. The SMILES string of the molecule is ClCc1cc(OCc2cc(Br)cc3c2OCC3)ccc1Br. The van der Waals surface area contributed by atoms with E-state index < -0.39 is 0 Å². The second-order valence-electron chi connectivity index (χ2n) is 4.83. The van der Waals surface area contributed by atoms with Gasteiger partial charge in [0.15, 0.2) is 0 Å². The van der Waals surface area contributed by atoms with E-state index >= 15 is 0 Å². The van der Waals surface area contributed by atoms with Gasteiger partial charge >= 0.3 is 0 Å². The van der Waals surface area contributed by atoms with Crippen molar-refractivity contribution in [3.8, 4) is 11.5 Å². The number of hydrogen-bond acceptors (Lipinski definition) is 2. The highest BCUT2D eigenvalue weighted by Crippen LogP contribution is 2.34. The monoisotopic (exact) mass is 430 g/mol. The first kappa shape index (κ1) is 15.2. The van der Waals surface area contributed by atoms with Crippen molar-refractivity contribution in [1.29, 1.82) is 0 Å². The Bertz CT molecular complexity index is 674. The summed E-state index contributed by atoms with van der Waals surface area (Å²) in [7, 11) is 0. The normalized spacial score (nSPS) is 12.9. The van der Waals surface area contributed by atoms with Crippen LogP contribution in [0.4, 0.5) is 0 Å². The second kappa shape index (κ2) is 6.59. The zero-order valence-corrected chi connectivity index (χ0v) is 15.1. The van der Waals surface area contributed by atoms with Gasteiger partial charge in [0.05, 0.1) is 6.61 Å². The summed E-state index contributed by atoms with van der Waals surface area (Å²) in [5, 5.41) is 0. The highest BCUT2D eigenvalue weighted by atomic mass is 79.9. The number of rotatable bonds is 4. The molecule has 0 spiro atoms. The Hall–Kier alpha value is -0.710. The topological polar surface area (TPSA) is 18.5 Å². The molecule has 0 aromatic heterocycles. The Labute approximate surface area is 145 Å². The lowest BCUT2D eigenvalue weighted by atomic mass is 10.1. The average molecular weight is 433 g/mol. The minimum Gasteiger partial charge on any atom is -0.493 e. The maximum absolute atomic E-state index is 5.91. The molecule has 21 heavy (non-hydrogen) atoms. The Morgan fingerprint density at radius 2 is 2.00 bits per heavy atom. The van der Waals surface area contributed by atoms with E-state index in [1.165, 1.54) is 5.56 Å². The van der Waals surface area contributed by atoms with Crippen molar-refractivity contribution in [2.75, 3.05) is 6.61 Å². The van der Waals surface area contributed by atoms with E-state index in [2.05, 4.69) is 37.9 Å². The van der Waals surface area contributed by atoms with Gasteiger partial charge in [-0.25, -0.2) is 0 Å². The fourth-order valence-corrected chi connectivity index (χ4v) is 3.68. The van der Waals surface area contributed by atoms with Crippen LogP contribution in [0.3, 0.4) is 0 Å². The molecule has 1 aliphatic rings. The molecule has 2 aromatic rings. The highest BCUT2D eigenvalue weighted by molar-refractivity contribution is 9.10. The summed E-state index contributed by atoms with van der Waals surface area (Å²) < 4.78 is 13.7. The fraction of sp³-hybridized carbons (Fsp3) is 0.250. The number of halogens is 3. The number of hydrogen-bond donors (Lipinski definition) is 0. The number of alkyl halides is 1. The lowest BCUT2D eigenvalue weighted by Crippen LogP contribution is -1.99. The van der Waals surface area contributed by atoms with E-state index in [4.69, 9.17) is 21.1 Å². The van der Waals surface area contributed by atoms with Gasteiger partial charge < -0.3 is 9.47 Å². The van der Waals surface area contributed by atoms with Crippen LogP contribution in [0.15, 0.2) is 39.3 Å². The number of ether oxygens (including phenoxy) is 2. The third-order valence-corrected chi connectivity index (χ3v) is 4.90. The molecule has 0 fully saturated rings. The van der Waals surface area contributed by atoms with E-state index in [1.54, 1.807) is 0 Å². The molecule has 5 heteroatoms. The van der Waals surface area contributed by atoms with Gasteiger partial charge in [0.2, 0.25) is 0 Å². The van der Waals surface area contributed by atoms with Gasteiger partial charge in [0, 0.05) is 26.8 Å². The Balaban J connectivity index is 1.79. The minimum atomic E-state index is 0.452. The summed E-state index contributed by atoms with van der Waals surface area (Å²) in [4.78, 5) is 0. The molecule has 1 heterocycles. The largest absolute Gasteiger partial charge is 0.493 e. The Morgan fingerprint density at radius 1 is 1.14 bits per heavy atom. The minimum absolute atomic E-state index is 0.452. The molecule has 0 N–H and O–H groups in total. The molecule has 110 valence electrons. The van der Waals surface area contributed by atoms with Crippen LogP contribution in [0.1, 0.15) is 16.7 Å². The molecular weight excluding hydrogens is 419 g/mol. The lowest BCUT2D eigenvalue weighted by Gasteiger charge is -2.12. The van der Waals surface area contributed by atoms with Gasteiger partial charge in [-0.3, -0.25) is 0 Å². The molecule has 0 radical (unpaired) electrons. The molecule has 0 aliphatic carbocycles. The van der Waals surface area contributed by atoms with Crippen LogP contribution in [-0.4, -0.2) is 6.61 Å². The van der Waals surface area contributed by atoms with E-state index in [1.807, 2.05) is 24.3 Å². The van der Waals surface area contributed by atoms with Gasteiger partial charge in [-0.15, -0.1) is 11.6 Å². The number of fused-ring (bicyclic) bond motifs is 1. The van der Waals surface area contributed by atoms with Gasteiger partial charge in [0.1, 0.15) is 18.1 Å². The maximum Gasteiger partial charge on any atom is 0.129 e. The van der Waals surface area contributed by atoms with Crippen molar-refractivity contribution in [3.05, 3.63) is 56.0 Å². The standard InChI is InChI=1S/C16H13Br2ClO2/c17-13-5-10-3-4-20-16(10)12(6-13)9-21-14-1-2-15(18)11(7-14)8-19/h1-2,5-7H,3-4,8-9H2. The summed E-state index contributed by atoms with van der Waals surface area (Å²) >= 11 is 12.9. The van der Waals surface area contributed by atoms with Crippen molar-refractivity contribution in [1.82, 2.24) is 0 Å². The molecule has 0 bridgehead atoms. The maximum atomic E-state index is 5.91. The third kappa shape index (κ3) is 3.38. The molecule has 2 nitrogen and oxygen atoms in total. The van der Waals surface area contributed by atoms with Gasteiger partial charge in [0.25, 0.3) is 0 Å². The zero-order chi connectivity index (χ0) is 14.8. The van der Waals surface area contributed by atoms with E-state index in [0.29, 0.717) is 12.5 Å². The van der Waals surface area contributed by atoms with Crippen LogP contribution < -0.4 is 9.47 Å². The first-order valence-corrected chi connectivity index (χ1v) is 8.70. The van der Waals surface area contributed by atoms with Gasteiger partial charge in [-0.05, 0) is 41.5 Å². The van der Waals surface area contributed by atoms with Crippen LogP contribution >= 0.6 is 43.5 Å². The molecule has 2 aromatic carbocycles. The summed E-state index contributed by atoms with van der Waals surface area (Å²) in [6.07, 6.45) is 0.955. The van der Waals surface area contributed by atoms with Gasteiger partial charge in [-0.2, -0.15) is 0 Å². The quantitative estimate of drug-likeness (QED) is 0.597. The van der Waals surface area contributed by atoms with Gasteiger partial charge in [-0.1, -0.05) is 31.9 Å². The molecule has 0 atom stereocenters. The van der Waals surface area contributed by atoms with E-state index in [-0.39, 0.29) is 0 Å². The Kier molecular flexibility index (Phi) is 4.77. The van der Waals surface area contributed by atoms with Crippen LogP contribution in [-0.2, 0) is 18.9 Å². The zero-order valence-electron chi connectivity index (χ0n) is 11.2. The molecular formula is C16H13Br2ClO2. The lowest BCUT2D eigenvalue weighted by molar-refractivity contribution is 0.291. The van der Waals surface area contributed by atoms with Crippen molar-refractivity contribution in [3.63, 3.8) is 0 Å². The molecule has 1 aliphatic heterocycles. The highest BCUT2D eigenvalue weighted by Gasteiger charge is 2.17. The summed E-state index contributed by atoms with van der Waals surface area (Å²) in [6, 6.07) is 9.99. The molecule has 0 unspecified atom stereocenters. The van der Waals surface area contributed by atoms with Crippen LogP contribution in [0, 0.1) is 0 Å². The van der Waals surface area contributed by atoms with Crippen LogP contribution in [0.5, 0.6) is 11.5 Å².